The monoisotopic (exact) mass is 362 g/mol. The van der Waals surface area contributed by atoms with Crippen LogP contribution in [0.3, 0.4) is 0 Å². The highest BCUT2D eigenvalue weighted by molar-refractivity contribution is 5.93. The van der Waals surface area contributed by atoms with E-state index in [9.17, 15) is 19.2 Å². The number of methoxy groups -OCH3 is 1. The van der Waals surface area contributed by atoms with Crippen LogP contribution in [0.25, 0.3) is 0 Å². The van der Waals surface area contributed by atoms with Gasteiger partial charge in [0.1, 0.15) is 12.6 Å². The van der Waals surface area contributed by atoms with Gasteiger partial charge >= 0.3 is 11.9 Å². The lowest BCUT2D eigenvalue weighted by Crippen LogP contribution is -2.53. The first kappa shape index (κ1) is 22.8. The number of amides is 2. The minimum Gasteiger partial charge on any atom is -0.466 e. The Hall–Kier alpha value is -2.20. The van der Waals surface area contributed by atoms with E-state index in [1.54, 1.807) is 13.8 Å². The summed E-state index contributed by atoms with van der Waals surface area (Å²) in [4.78, 5) is 47.3. The maximum atomic E-state index is 12.1. The summed E-state index contributed by atoms with van der Waals surface area (Å²) in [6.07, 6.45) is -0.453. The molecule has 0 aromatic heterocycles. The second-order valence-electron chi connectivity index (χ2n) is 4.86. The number of nitrogens with one attached hydrogen (secondary N) is 1. The molecule has 0 aromatic rings. The molecule has 2 atom stereocenters. The van der Waals surface area contributed by atoms with Gasteiger partial charge in [-0.25, -0.2) is 0 Å². The highest BCUT2D eigenvalue weighted by Crippen LogP contribution is 2.13. The minimum atomic E-state index is -1.43. The van der Waals surface area contributed by atoms with Crippen LogP contribution in [0.5, 0.6) is 0 Å². The molecule has 0 spiro atoms. The third-order valence-corrected chi connectivity index (χ3v) is 2.97. The van der Waals surface area contributed by atoms with E-state index in [1.807, 2.05) is 0 Å². The van der Waals surface area contributed by atoms with Crippen LogP contribution in [0, 0.1) is 5.92 Å². The van der Waals surface area contributed by atoms with E-state index >= 15 is 0 Å². The quantitative estimate of drug-likeness (QED) is 0.306. The maximum Gasteiger partial charge on any atom is 0.312 e. The van der Waals surface area contributed by atoms with Crippen molar-refractivity contribution < 1.29 is 38.1 Å². The smallest absolute Gasteiger partial charge is 0.312 e. The molecule has 0 heterocycles. The average molecular weight is 362 g/mol. The predicted molar refractivity (Wildman–Crippen MR) is 85.2 cm³/mol. The molecule has 0 aromatic carbocycles. The Labute approximate surface area is 146 Å². The number of carbonyl (C=O) groups excluding carboxylic acids is 4. The number of primary amides is 1. The fourth-order valence-corrected chi connectivity index (χ4v) is 1.88. The van der Waals surface area contributed by atoms with E-state index < -0.39 is 42.1 Å². The standard InChI is InChI=1S/C15H26N2O8/c1-4-24-12(19)8-10(15(21)25-5-2)13(14(16)20)17-11(18)9-23-7-6-22-3/h10,13H,4-9H2,1-3H3,(H2,16,20)(H,17,18)/t10-,13-/m0/s1. The van der Waals surface area contributed by atoms with Crippen molar-refractivity contribution in [3.63, 3.8) is 0 Å². The molecule has 0 saturated carbocycles. The van der Waals surface area contributed by atoms with E-state index in [0.29, 0.717) is 6.61 Å². The molecule has 0 radical (unpaired) electrons. The number of nitrogens with two attached hydrogens (primary N) is 1. The molecule has 0 saturated heterocycles. The van der Waals surface area contributed by atoms with Gasteiger partial charge in [0, 0.05) is 7.11 Å². The van der Waals surface area contributed by atoms with Gasteiger partial charge in [0.2, 0.25) is 11.8 Å². The van der Waals surface area contributed by atoms with Gasteiger partial charge in [-0.2, -0.15) is 0 Å². The van der Waals surface area contributed by atoms with Crippen molar-refractivity contribution in [2.75, 3.05) is 40.1 Å². The van der Waals surface area contributed by atoms with Gasteiger partial charge in [-0.15, -0.1) is 0 Å². The predicted octanol–water partition coefficient (Wildman–Crippen LogP) is -1.25. The highest BCUT2D eigenvalue weighted by atomic mass is 16.5. The van der Waals surface area contributed by atoms with Gasteiger partial charge in [0.15, 0.2) is 0 Å². The van der Waals surface area contributed by atoms with Crippen molar-refractivity contribution in [2.24, 2.45) is 11.7 Å². The normalized spacial score (nSPS) is 12.8. The fraction of sp³-hybridized carbons (Fsp3) is 0.733. The number of esters is 2. The van der Waals surface area contributed by atoms with Crippen molar-refractivity contribution in [2.45, 2.75) is 26.3 Å². The van der Waals surface area contributed by atoms with Crippen LogP contribution < -0.4 is 11.1 Å². The zero-order valence-corrected chi connectivity index (χ0v) is 14.7. The van der Waals surface area contributed by atoms with E-state index in [4.69, 9.17) is 24.7 Å². The van der Waals surface area contributed by atoms with Crippen molar-refractivity contribution >= 4 is 23.8 Å². The molecule has 0 fully saturated rings. The van der Waals surface area contributed by atoms with Crippen LogP contribution in [0.2, 0.25) is 0 Å². The van der Waals surface area contributed by atoms with Gasteiger partial charge in [-0.1, -0.05) is 0 Å². The van der Waals surface area contributed by atoms with E-state index in [-0.39, 0.29) is 26.4 Å². The Bertz CT molecular complexity index is 455. The summed E-state index contributed by atoms with van der Waals surface area (Å²) < 4.78 is 19.4. The molecule has 0 aliphatic heterocycles. The van der Waals surface area contributed by atoms with E-state index in [1.165, 1.54) is 7.11 Å². The van der Waals surface area contributed by atoms with Crippen molar-refractivity contribution in [3.05, 3.63) is 0 Å². The lowest BCUT2D eigenvalue weighted by atomic mass is 9.95. The summed E-state index contributed by atoms with van der Waals surface area (Å²) in [5.41, 5.74) is 5.27. The van der Waals surface area contributed by atoms with Crippen LogP contribution in [-0.2, 0) is 38.1 Å². The lowest BCUT2D eigenvalue weighted by Gasteiger charge is -2.23. The summed E-state index contributed by atoms with van der Waals surface area (Å²) >= 11 is 0. The second-order valence-corrected chi connectivity index (χ2v) is 4.86. The van der Waals surface area contributed by atoms with Crippen LogP contribution in [0.4, 0.5) is 0 Å². The minimum absolute atomic E-state index is 0.0394. The molecular formula is C15H26N2O8. The topological polar surface area (TPSA) is 143 Å². The van der Waals surface area contributed by atoms with Gasteiger partial charge in [0.05, 0.1) is 38.8 Å². The fourth-order valence-electron chi connectivity index (χ4n) is 1.88. The Morgan fingerprint density at radius 2 is 1.68 bits per heavy atom. The van der Waals surface area contributed by atoms with Crippen LogP contribution in [-0.4, -0.2) is 69.9 Å². The molecule has 10 heteroatoms. The molecule has 0 aliphatic rings. The van der Waals surface area contributed by atoms with Crippen LogP contribution in [0.15, 0.2) is 0 Å². The highest BCUT2D eigenvalue weighted by Gasteiger charge is 2.37. The van der Waals surface area contributed by atoms with Gasteiger partial charge in [-0.3, -0.25) is 19.2 Å². The molecule has 25 heavy (non-hydrogen) atoms. The Morgan fingerprint density at radius 1 is 1.04 bits per heavy atom. The first-order valence-corrected chi connectivity index (χ1v) is 7.84. The SMILES string of the molecule is CCOC(=O)C[C@H](C(=O)OCC)[C@H](NC(=O)COCCOC)C(N)=O. The summed E-state index contributed by atoms with van der Waals surface area (Å²) in [5, 5.41) is 2.29. The first-order valence-electron chi connectivity index (χ1n) is 7.84. The molecule has 3 N–H and O–H groups in total. The lowest BCUT2D eigenvalue weighted by molar-refractivity contribution is -0.157. The number of rotatable bonds is 13. The number of hydrogen-bond donors (Lipinski definition) is 2. The van der Waals surface area contributed by atoms with Gasteiger partial charge in [0.25, 0.3) is 0 Å². The Kier molecular flexibility index (Phi) is 12.0. The van der Waals surface area contributed by atoms with Crippen LogP contribution >= 0.6 is 0 Å². The van der Waals surface area contributed by atoms with E-state index in [2.05, 4.69) is 5.32 Å². The summed E-state index contributed by atoms with van der Waals surface area (Å²) in [7, 11) is 1.48. The largest absolute Gasteiger partial charge is 0.466 e. The average Bonchev–Trinajstić information content (AvgIpc) is 2.55. The number of carbonyl (C=O) groups is 4. The Morgan fingerprint density at radius 3 is 2.20 bits per heavy atom. The summed E-state index contributed by atoms with van der Waals surface area (Å²) in [6, 6.07) is -1.43. The van der Waals surface area contributed by atoms with Gasteiger partial charge in [-0.05, 0) is 13.8 Å². The van der Waals surface area contributed by atoms with E-state index in [0.717, 1.165) is 0 Å². The molecule has 0 rings (SSSR count). The summed E-state index contributed by atoms with van der Waals surface area (Å²) in [5.74, 6) is -4.48. The maximum absolute atomic E-state index is 12.1. The van der Waals surface area contributed by atoms with Crippen molar-refractivity contribution in [1.82, 2.24) is 5.32 Å². The third-order valence-electron chi connectivity index (χ3n) is 2.97. The number of hydrogen-bond acceptors (Lipinski definition) is 8. The molecule has 144 valence electrons. The molecule has 0 aliphatic carbocycles. The summed E-state index contributed by atoms with van der Waals surface area (Å²) in [6.45, 7) is 3.42. The molecular weight excluding hydrogens is 336 g/mol. The van der Waals surface area contributed by atoms with Crippen LogP contribution in [0.1, 0.15) is 20.3 Å². The zero-order chi connectivity index (χ0) is 19.2. The number of ether oxygens (including phenoxy) is 4. The third kappa shape index (κ3) is 9.62. The van der Waals surface area contributed by atoms with Gasteiger partial charge < -0.3 is 30.0 Å². The molecule has 10 nitrogen and oxygen atoms in total. The second kappa shape index (κ2) is 13.1. The molecule has 0 bridgehead atoms. The Balaban J connectivity index is 5.00. The molecule has 0 unspecified atom stereocenters. The first-order chi connectivity index (χ1) is 11.9. The zero-order valence-electron chi connectivity index (χ0n) is 14.7. The van der Waals surface area contributed by atoms with Crippen molar-refractivity contribution in [3.8, 4) is 0 Å². The molecule has 2 amide bonds. The van der Waals surface area contributed by atoms with Crippen molar-refractivity contribution in [1.29, 1.82) is 0 Å².